The summed E-state index contributed by atoms with van der Waals surface area (Å²) in [6, 6.07) is 4.14. The van der Waals surface area contributed by atoms with E-state index < -0.39 is 0 Å². The van der Waals surface area contributed by atoms with Gasteiger partial charge in [0.05, 0.1) is 6.10 Å². The predicted octanol–water partition coefficient (Wildman–Crippen LogP) is 2.71. The Morgan fingerprint density at radius 2 is 1.94 bits per heavy atom. The number of nitrogens with one attached hydrogen (secondary N) is 1. The quantitative estimate of drug-likeness (QED) is 0.831. The Hall–Kier alpha value is -1.09. The van der Waals surface area contributed by atoms with Gasteiger partial charge in [-0.25, -0.2) is 4.98 Å². The van der Waals surface area contributed by atoms with Crippen LogP contribution in [0.25, 0.3) is 0 Å². The summed E-state index contributed by atoms with van der Waals surface area (Å²) >= 11 is 0. The molecule has 90 valence electrons. The highest BCUT2D eigenvalue weighted by molar-refractivity contribution is 5.26. The largest absolute Gasteiger partial charge is 0.475 e. The zero-order valence-corrected chi connectivity index (χ0v) is 10.9. The topological polar surface area (TPSA) is 34.1 Å². The molecule has 0 aliphatic carbocycles. The molecule has 0 saturated heterocycles. The van der Waals surface area contributed by atoms with Gasteiger partial charge in [-0.2, -0.15) is 0 Å². The number of pyridine rings is 1. The Morgan fingerprint density at radius 3 is 2.44 bits per heavy atom. The van der Waals surface area contributed by atoms with Crippen LogP contribution in [0.3, 0.4) is 0 Å². The van der Waals surface area contributed by atoms with Crippen LogP contribution in [0.1, 0.15) is 44.9 Å². The summed E-state index contributed by atoms with van der Waals surface area (Å²) in [5.41, 5.74) is 2.31. The minimum Gasteiger partial charge on any atom is -0.475 e. The lowest BCUT2D eigenvalue weighted by Gasteiger charge is -2.13. The first-order chi connectivity index (χ1) is 7.52. The molecule has 0 unspecified atom stereocenters. The second-order valence-electron chi connectivity index (χ2n) is 4.59. The lowest BCUT2D eigenvalue weighted by atomic mass is 10.1. The average Bonchev–Trinajstić information content (AvgIpc) is 2.16. The van der Waals surface area contributed by atoms with Gasteiger partial charge in [-0.1, -0.05) is 13.8 Å². The molecular weight excluding hydrogens is 200 g/mol. The molecule has 3 nitrogen and oxygen atoms in total. The highest BCUT2D eigenvalue weighted by Crippen LogP contribution is 2.19. The second-order valence-corrected chi connectivity index (χ2v) is 4.59. The van der Waals surface area contributed by atoms with Gasteiger partial charge in [0.25, 0.3) is 0 Å². The fourth-order valence-electron chi connectivity index (χ4n) is 1.49. The van der Waals surface area contributed by atoms with Gasteiger partial charge in [-0.05, 0) is 38.4 Å². The number of hydrogen-bond donors (Lipinski definition) is 1. The Labute approximate surface area is 98.2 Å². The molecule has 0 fully saturated rings. The molecule has 1 heterocycles. The standard InChI is InChI=1S/C13H22N2O/c1-9(2)12-6-11(8-14-5)7-13(15-12)16-10(3)4/h6-7,9-10,14H,8H2,1-5H3. The molecule has 0 atom stereocenters. The second kappa shape index (κ2) is 5.85. The third kappa shape index (κ3) is 3.81. The highest BCUT2D eigenvalue weighted by Gasteiger charge is 2.07. The molecule has 0 spiro atoms. The van der Waals surface area contributed by atoms with E-state index in [0.717, 1.165) is 18.1 Å². The van der Waals surface area contributed by atoms with Crippen LogP contribution in [0.5, 0.6) is 5.88 Å². The van der Waals surface area contributed by atoms with Crippen molar-refractivity contribution in [3.05, 3.63) is 23.4 Å². The summed E-state index contributed by atoms with van der Waals surface area (Å²) < 4.78 is 5.65. The van der Waals surface area contributed by atoms with E-state index in [2.05, 4.69) is 30.2 Å². The first kappa shape index (κ1) is 13.0. The molecule has 0 aromatic carbocycles. The van der Waals surface area contributed by atoms with Crippen molar-refractivity contribution in [2.75, 3.05) is 7.05 Å². The van der Waals surface area contributed by atoms with Crippen LogP contribution >= 0.6 is 0 Å². The normalized spacial score (nSPS) is 11.2. The molecule has 16 heavy (non-hydrogen) atoms. The summed E-state index contributed by atoms with van der Waals surface area (Å²) in [5, 5.41) is 3.15. The van der Waals surface area contributed by atoms with E-state index in [0.29, 0.717) is 5.92 Å². The molecule has 1 aromatic rings. The zero-order valence-electron chi connectivity index (χ0n) is 10.9. The first-order valence-electron chi connectivity index (χ1n) is 5.85. The molecule has 0 saturated carbocycles. The number of nitrogens with zero attached hydrogens (tertiary/aromatic N) is 1. The van der Waals surface area contributed by atoms with Crippen LogP contribution in [0.15, 0.2) is 12.1 Å². The number of aromatic nitrogens is 1. The third-order valence-corrected chi connectivity index (χ3v) is 2.21. The molecule has 1 N–H and O–H groups in total. The molecular formula is C13H22N2O. The molecule has 1 aromatic heterocycles. The summed E-state index contributed by atoms with van der Waals surface area (Å²) in [7, 11) is 1.94. The van der Waals surface area contributed by atoms with Crippen LogP contribution < -0.4 is 10.1 Å². The van der Waals surface area contributed by atoms with E-state index in [-0.39, 0.29) is 6.10 Å². The van der Waals surface area contributed by atoms with Gasteiger partial charge in [-0.15, -0.1) is 0 Å². The Bertz CT molecular complexity index is 335. The number of hydrogen-bond acceptors (Lipinski definition) is 3. The lowest BCUT2D eigenvalue weighted by Crippen LogP contribution is -2.11. The van der Waals surface area contributed by atoms with Crippen LogP contribution in [-0.2, 0) is 6.54 Å². The maximum atomic E-state index is 5.65. The molecule has 0 aliphatic heterocycles. The van der Waals surface area contributed by atoms with Crippen molar-refractivity contribution in [1.29, 1.82) is 0 Å². The van der Waals surface area contributed by atoms with Crippen molar-refractivity contribution >= 4 is 0 Å². The van der Waals surface area contributed by atoms with E-state index in [9.17, 15) is 0 Å². The highest BCUT2D eigenvalue weighted by atomic mass is 16.5. The van der Waals surface area contributed by atoms with Crippen molar-refractivity contribution in [2.45, 2.75) is 46.3 Å². The Morgan fingerprint density at radius 1 is 1.25 bits per heavy atom. The van der Waals surface area contributed by atoms with Crippen molar-refractivity contribution < 1.29 is 4.74 Å². The van der Waals surface area contributed by atoms with Gasteiger partial charge in [0.1, 0.15) is 0 Å². The predicted molar refractivity (Wildman–Crippen MR) is 66.9 cm³/mol. The van der Waals surface area contributed by atoms with E-state index >= 15 is 0 Å². The lowest BCUT2D eigenvalue weighted by molar-refractivity contribution is 0.231. The molecule has 0 amide bonds. The van der Waals surface area contributed by atoms with Crippen molar-refractivity contribution in [2.24, 2.45) is 0 Å². The van der Waals surface area contributed by atoms with E-state index in [1.807, 2.05) is 27.0 Å². The van der Waals surface area contributed by atoms with Crippen molar-refractivity contribution in [1.82, 2.24) is 10.3 Å². The van der Waals surface area contributed by atoms with Gasteiger partial charge in [0, 0.05) is 18.3 Å². The summed E-state index contributed by atoms with van der Waals surface area (Å²) in [6.45, 7) is 9.16. The van der Waals surface area contributed by atoms with Crippen LogP contribution in [-0.4, -0.2) is 18.1 Å². The average molecular weight is 222 g/mol. The molecule has 3 heteroatoms. The van der Waals surface area contributed by atoms with Gasteiger partial charge in [0.2, 0.25) is 5.88 Å². The van der Waals surface area contributed by atoms with Gasteiger partial charge >= 0.3 is 0 Å². The van der Waals surface area contributed by atoms with Crippen LogP contribution in [0, 0.1) is 0 Å². The fraction of sp³-hybridized carbons (Fsp3) is 0.615. The molecule has 0 bridgehead atoms. The van der Waals surface area contributed by atoms with Gasteiger partial charge < -0.3 is 10.1 Å². The summed E-state index contributed by atoms with van der Waals surface area (Å²) in [5.74, 6) is 1.15. The van der Waals surface area contributed by atoms with Gasteiger partial charge in [-0.3, -0.25) is 0 Å². The maximum absolute atomic E-state index is 5.65. The van der Waals surface area contributed by atoms with Crippen LogP contribution in [0.4, 0.5) is 0 Å². The molecule has 1 rings (SSSR count). The fourth-order valence-corrected chi connectivity index (χ4v) is 1.49. The zero-order chi connectivity index (χ0) is 12.1. The van der Waals surface area contributed by atoms with Crippen molar-refractivity contribution in [3.63, 3.8) is 0 Å². The molecule has 0 radical (unpaired) electrons. The van der Waals surface area contributed by atoms with E-state index in [1.54, 1.807) is 0 Å². The van der Waals surface area contributed by atoms with Crippen molar-refractivity contribution in [3.8, 4) is 5.88 Å². The molecule has 0 aliphatic rings. The maximum Gasteiger partial charge on any atom is 0.214 e. The van der Waals surface area contributed by atoms with Crippen LogP contribution in [0.2, 0.25) is 0 Å². The third-order valence-electron chi connectivity index (χ3n) is 2.21. The van der Waals surface area contributed by atoms with E-state index in [4.69, 9.17) is 4.74 Å². The Kier molecular flexibility index (Phi) is 4.74. The number of rotatable bonds is 5. The Balaban J connectivity index is 2.98. The van der Waals surface area contributed by atoms with E-state index in [1.165, 1.54) is 5.56 Å². The minimum absolute atomic E-state index is 0.164. The summed E-state index contributed by atoms with van der Waals surface area (Å²) in [6.07, 6.45) is 0.164. The first-order valence-corrected chi connectivity index (χ1v) is 5.85. The number of ether oxygens (including phenoxy) is 1. The smallest absolute Gasteiger partial charge is 0.214 e. The SMILES string of the molecule is CNCc1cc(OC(C)C)nc(C(C)C)c1. The summed E-state index contributed by atoms with van der Waals surface area (Å²) in [4.78, 5) is 4.51. The van der Waals surface area contributed by atoms with Gasteiger partial charge in [0.15, 0.2) is 0 Å². The monoisotopic (exact) mass is 222 g/mol. The minimum atomic E-state index is 0.164.